The van der Waals surface area contributed by atoms with Crippen LogP contribution in [0, 0.1) is 0 Å². The van der Waals surface area contributed by atoms with Crippen molar-refractivity contribution in [3.63, 3.8) is 0 Å². The average Bonchev–Trinajstić information content (AvgIpc) is 2.76. The number of hydrogen-bond donors (Lipinski definition) is 2. The van der Waals surface area contributed by atoms with Crippen LogP contribution in [-0.2, 0) is 0 Å². The SMILES string of the molecule is CSC1CCCC1NC(=O)c1ccc(N)cc1Cl. The molecule has 0 bridgehead atoms. The van der Waals surface area contributed by atoms with E-state index in [1.807, 2.05) is 11.8 Å². The summed E-state index contributed by atoms with van der Waals surface area (Å²) < 4.78 is 0. The monoisotopic (exact) mass is 284 g/mol. The molecule has 1 fully saturated rings. The van der Waals surface area contributed by atoms with Crippen LogP contribution >= 0.6 is 23.4 Å². The summed E-state index contributed by atoms with van der Waals surface area (Å²) in [6, 6.07) is 5.23. The van der Waals surface area contributed by atoms with Crippen molar-refractivity contribution in [2.75, 3.05) is 12.0 Å². The van der Waals surface area contributed by atoms with Crippen LogP contribution < -0.4 is 11.1 Å². The Kier molecular flexibility index (Phi) is 4.40. The molecule has 1 aliphatic rings. The first kappa shape index (κ1) is 13.6. The molecule has 1 saturated carbocycles. The van der Waals surface area contributed by atoms with Crippen molar-refractivity contribution in [1.29, 1.82) is 0 Å². The lowest BCUT2D eigenvalue weighted by Crippen LogP contribution is -2.38. The third-order valence-corrected chi connectivity index (χ3v) is 4.79. The minimum atomic E-state index is -0.106. The highest BCUT2D eigenvalue weighted by molar-refractivity contribution is 7.99. The molecule has 0 saturated heterocycles. The van der Waals surface area contributed by atoms with Gasteiger partial charge in [0.15, 0.2) is 0 Å². The van der Waals surface area contributed by atoms with Crippen molar-refractivity contribution in [1.82, 2.24) is 5.32 Å². The van der Waals surface area contributed by atoms with Crippen molar-refractivity contribution >= 4 is 35.0 Å². The number of hydrogen-bond acceptors (Lipinski definition) is 3. The van der Waals surface area contributed by atoms with Gasteiger partial charge in [-0.25, -0.2) is 0 Å². The van der Waals surface area contributed by atoms with E-state index >= 15 is 0 Å². The normalized spacial score (nSPS) is 23.0. The molecule has 1 amide bonds. The largest absolute Gasteiger partial charge is 0.399 e. The zero-order valence-corrected chi connectivity index (χ0v) is 11.9. The predicted octanol–water partition coefficient (Wildman–Crippen LogP) is 2.94. The lowest BCUT2D eigenvalue weighted by Gasteiger charge is -2.19. The first-order valence-electron chi connectivity index (χ1n) is 6.00. The van der Waals surface area contributed by atoms with Gasteiger partial charge in [0.25, 0.3) is 5.91 Å². The number of nitrogen functional groups attached to an aromatic ring is 1. The van der Waals surface area contributed by atoms with Crippen LogP contribution in [0.4, 0.5) is 5.69 Å². The van der Waals surface area contributed by atoms with Gasteiger partial charge in [0.05, 0.1) is 10.6 Å². The minimum absolute atomic E-state index is 0.106. The van der Waals surface area contributed by atoms with Crippen LogP contribution in [0.25, 0.3) is 0 Å². The Balaban J connectivity index is 2.07. The van der Waals surface area contributed by atoms with Gasteiger partial charge in [0, 0.05) is 17.0 Å². The minimum Gasteiger partial charge on any atom is -0.399 e. The second-order valence-corrected chi connectivity index (χ2v) is 6.01. The van der Waals surface area contributed by atoms with Crippen molar-refractivity contribution in [2.24, 2.45) is 0 Å². The molecule has 0 aliphatic heterocycles. The summed E-state index contributed by atoms with van der Waals surface area (Å²) in [7, 11) is 0. The highest BCUT2D eigenvalue weighted by atomic mass is 35.5. The Labute approximate surface area is 116 Å². The number of halogens is 1. The highest BCUT2D eigenvalue weighted by Gasteiger charge is 2.28. The number of carbonyl (C=O) groups excluding carboxylic acids is 1. The van der Waals surface area contributed by atoms with Crippen LogP contribution in [0.1, 0.15) is 29.6 Å². The van der Waals surface area contributed by atoms with E-state index in [0.29, 0.717) is 21.5 Å². The Morgan fingerprint density at radius 1 is 1.50 bits per heavy atom. The third-order valence-electron chi connectivity index (χ3n) is 3.31. The summed E-state index contributed by atoms with van der Waals surface area (Å²) in [5, 5.41) is 4.00. The Morgan fingerprint density at radius 3 is 2.94 bits per heavy atom. The van der Waals surface area contributed by atoms with E-state index in [4.69, 9.17) is 17.3 Å². The number of nitrogens with one attached hydrogen (secondary N) is 1. The number of anilines is 1. The van der Waals surface area contributed by atoms with E-state index in [-0.39, 0.29) is 11.9 Å². The Bertz CT molecular complexity index is 453. The number of benzene rings is 1. The van der Waals surface area contributed by atoms with E-state index in [0.717, 1.165) is 6.42 Å². The molecule has 0 spiro atoms. The van der Waals surface area contributed by atoms with Crippen LogP contribution in [0.5, 0.6) is 0 Å². The van der Waals surface area contributed by atoms with Gasteiger partial charge in [-0.3, -0.25) is 4.79 Å². The molecule has 1 aromatic carbocycles. The van der Waals surface area contributed by atoms with Crippen LogP contribution in [0.3, 0.4) is 0 Å². The molecule has 0 aromatic heterocycles. The smallest absolute Gasteiger partial charge is 0.253 e. The fourth-order valence-electron chi connectivity index (χ4n) is 2.33. The molecule has 2 rings (SSSR count). The summed E-state index contributed by atoms with van der Waals surface area (Å²) in [5.74, 6) is -0.106. The molecule has 3 N–H and O–H groups in total. The van der Waals surface area contributed by atoms with Gasteiger partial charge in [0.2, 0.25) is 0 Å². The van der Waals surface area contributed by atoms with Crippen LogP contribution in [0.15, 0.2) is 18.2 Å². The maximum atomic E-state index is 12.1. The topological polar surface area (TPSA) is 55.1 Å². The number of thioether (sulfide) groups is 1. The Morgan fingerprint density at radius 2 is 2.28 bits per heavy atom. The maximum Gasteiger partial charge on any atom is 0.253 e. The number of carbonyl (C=O) groups is 1. The van der Waals surface area contributed by atoms with E-state index in [1.165, 1.54) is 12.8 Å². The quantitative estimate of drug-likeness (QED) is 0.839. The van der Waals surface area contributed by atoms with Crippen LogP contribution in [-0.4, -0.2) is 23.5 Å². The molecule has 2 atom stereocenters. The van der Waals surface area contributed by atoms with Crippen molar-refractivity contribution < 1.29 is 4.79 Å². The van der Waals surface area contributed by atoms with Crippen LogP contribution in [0.2, 0.25) is 5.02 Å². The van der Waals surface area contributed by atoms with Gasteiger partial charge in [-0.05, 0) is 37.3 Å². The van der Waals surface area contributed by atoms with Gasteiger partial charge in [0.1, 0.15) is 0 Å². The molecule has 0 radical (unpaired) electrons. The zero-order valence-electron chi connectivity index (χ0n) is 10.3. The summed E-state index contributed by atoms with van der Waals surface area (Å²) in [4.78, 5) is 12.1. The van der Waals surface area contributed by atoms with E-state index in [1.54, 1.807) is 18.2 Å². The van der Waals surface area contributed by atoms with E-state index in [9.17, 15) is 4.79 Å². The fraction of sp³-hybridized carbons (Fsp3) is 0.462. The third kappa shape index (κ3) is 2.93. The van der Waals surface area contributed by atoms with Gasteiger partial charge in [-0.15, -0.1) is 0 Å². The molecule has 98 valence electrons. The number of nitrogens with two attached hydrogens (primary N) is 1. The van der Waals surface area contributed by atoms with Gasteiger partial charge < -0.3 is 11.1 Å². The lowest BCUT2D eigenvalue weighted by molar-refractivity contribution is 0.0939. The van der Waals surface area contributed by atoms with Gasteiger partial charge in [-0.1, -0.05) is 18.0 Å². The summed E-state index contributed by atoms with van der Waals surface area (Å²) in [6.45, 7) is 0. The second kappa shape index (κ2) is 5.85. The summed E-state index contributed by atoms with van der Waals surface area (Å²) in [5.41, 5.74) is 6.68. The molecular formula is C13H17ClN2OS. The molecule has 18 heavy (non-hydrogen) atoms. The Hall–Kier alpha value is -0.870. The lowest BCUT2D eigenvalue weighted by atomic mass is 10.1. The number of amides is 1. The standard InChI is InChI=1S/C13H17ClN2OS/c1-18-12-4-2-3-11(12)16-13(17)9-6-5-8(15)7-10(9)14/h5-7,11-12H,2-4,15H2,1H3,(H,16,17). The first-order valence-corrected chi connectivity index (χ1v) is 7.67. The van der Waals surface area contributed by atoms with E-state index < -0.39 is 0 Å². The van der Waals surface area contributed by atoms with Crippen molar-refractivity contribution in [3.05, 3.63) is 28.8 Å². The molecule has 3 nitrogen and oxygen atoms in total. The van der Waals surface area contributed by atoms with Gasteiger partial charge in [-0.2, -0.15) is 11.8 Å². The molecule has 1 aromatic rings. The molecular weight excluding hydrogens is 268 g/mol. The molecule has 1 aliphatic carbocycles. The summed E-state index contributed by atoms with van der Waals surface area (Å²) in [6.07, 6.45) is 5.47. The van der Waals surface area contributed by atoms with Crippen molar-refractivity contribution in [2.45, 2.75) is 30.6 Å². The van der Waals surface area contributed by atoms with Crippen molar-refractivity contribution in [3.8, 4) is 0 Å². The maximum absolute atomic E-state index is 12.1. The summed E-state index contributed by atoms with van der Waals surface area (Å²) >= 11 is 7.85. The average molecular weight is 285 g/mol. The van der Waals surface area contributed by atoms with Gasteiger partial charge >= 0.3 is 0 Å². The predicted molar refractivity (Wildman–Crippen MR) is 78.3 cm³/mol. The first-order chi connectivity index (χ1) is 8.61. The number of rotatable bonds is 3. The molecule has 0 heterocycles. The second-order valence-electron chi connectivity index (χ2n) is 4.52. The molecule has 5 heteroatoms. The fourth-order valence-corrected chi connectivity index (χ4v) is 3.54. The highest BCUT2D eigenvalue weighted by Crippen LogP contribution is 2.29. The molecule has 2 unspecified atom stereocenters. The van der Waals surface area contributed by atoms with E-state index in [2.05, 4.69) is 11.6 Å². The zero-order chi connectivity index (χ0) is 13.1.